The summed E-state index contributed by atoms with van der Waals surface area (Å²) >= 11 is 0. The maximum Gasteiger partial charge on any atom is 0.261 e. The number of aromatic amines is 2. The number of hydrogen-bond acceptors (Lipinski definition) is 6. The first kappa shape index (κ1) is 27.0. The van der Waals surface area contributed by atoms with E-state index in [4.69, 9.17) is 4.74 Å². The maximum absolute atomic E-state index is 14.9. The molecule has 9 nitrogen and oxygen atoms in total. The van der Waals surface area contributed by atoms with Crippen LogP contribution >= 0.6 is 0 Å². The molecule has 0 spiro atoms. The first-order valence-electron chi connectivity index (χ1n) is 13.5. The van der Waals surface area contributed by atoms with Gasteiger partial charge in [-0.25, -0.2) is 18.2 Å². The summed E-state index contributed by atoms with van der Waals surface area (Å²) in [6.07, 6.45) is 1.38. The number of nitrogens with zero attached hydrogens (tertiary/aromatic N) is 4. The van der Waals surface area contributed by atoms with Crippen LogP contribution in [0.25, 0.3) is 22.4 Å². The third-order valence-electron chi connectivity index (χ3n) is 7.56. The second-order valence-corrected chi connectivity index (χ2v) is 10.5. The Morgan fingerprint density at radius 1 is 1.05 bits per heavy atom. The van der Waals surface area contributed by atoms with Crippen LogP contribution in [0.1, 0.15) is 29.8 Å². The third kappa shape index (κ3) is 4.97. The van der Waals surface area contributed by atoms with Crippen LogP contribution in [0.5, 0.6) is 0 Å². The van der Waals surface area contributed by atoms with Crippen LogP contribution in [0, 0.1) is 17.5 Å². The summed E-state index contributed by atoms with van der Waals surface area (Å²) in [4.78, 5) is 42.2. The van der Waals surface area contributed by atoms with E-state index in [2.05, 4.69) is 19.9 Å². The lowest BCUT2D eigenvalue weighted by Crippen LogP contribution is -2.41. The van der Waals surface area contributed by atoms with E-state index in [9.17, 15) is 22.8 Å². The molecule has 4 aromatic rings. The van der Waals surface area contributed by atoms with Gasteiger partial charge in [-0.15, -0.1) is 0 Å². The second kappa shape index (κ2) is 10.7. The molecule has 214 valence electrons. The van der Waals surface area contributed by atoms with Crippen molar-refractivity contribution in [1.82, 2.24) is 24.8 Å². The van der Waals surface area contributed by atoms with Gasteiger partial charge in [0.05, 0.1) is 35.6 Å². The highest BCUT2D eigenvalue weighted by atomic mass is 19.2. The molecule has 1 saturated heterocycles. The van der Waals surface area contributed by atoms with E-state index in [1.807, 2.05) is 11.0 Å². The van der Waals surface area contributed by atoms with Crippen molar-refractivity contribution >= 4 is 28.3 Å². The number of fused-ring (bicyclic) bond motifs is 2. The lowest BCUT2D eigenvalue weighted by Gasteiger charge is -2.30. The van der Waals surface area contributed by atoms with Crippen LogP contribution < -0.4 is 10.5 Å². The number of pyridine rings is 1. The third-order valence-corrected chi connectivity index (χ3v) is 7.56. The number of carbonyl (C=O) groups is 1. The zero-order valence-corrected chi connectivity index (χ0v) is 22.6. The average Bonchev–Trinajstić information content (AvgIpc) is 3.49. The largest absolute Gasteiger partial charge is 0.379 e. The molecule has 0 bridgehead atoms. The summed E-state index contributed by atoms with van der Waals surface area (Å²) in [5.74, 6) is -3.41. The number of morpholine rings is 1. The number of hydrogen-bond donors (Lipinski definition) is 2. The smallest absolute Gasteiger partial charge is 0.261 e. The Hall–Kier alpha value is -4.16. The Balaban J connectivity index is 1.35. The highest BCUT2D eigenvalue weighted by Crippen LogP contribution is 2.37. The first-order chi connectivity index (χ1) is 19.7. The Morgan fingerprint density at radius 3 is 2.59 bits per heavy atom. The fraction of sp³-hybridized carbons (Fsp3) is 0.345. The Bertz CT molecular complexity index is 1700. The number of benzene rings is 2. The molecule has 2 aromatic carbocycles. The normalized spacial score (nSPS) is 15.8. The predicted octanol–water partition coefficient (Wildman–Crippen LogP) is 4.17. The van der Waals surface area contributed by atoms with Crippen LogP contribution in [-0.2, 0) is 11.3 Å². The van der Waals surface area contributed by atoms with Crippen molar-refractivity contribution in [3.05, 3.63) is 75.5 Å². The van der Waals surface area contributed by atoms with Crippen molar-refractivity contribution in [2.45, 2.75) is 26.4 Å². The number of halogens is 3. The van der Waals surface area contributed by atoms with Crippen molar-refractivity contribution in [3.63, 3.8) is 0 Å². The molecule has 0 unspecified atom stereocenters. The summed E-state index contributed by atoms with van der Waals surface area (Å²) in [6, 6.07) is 5.97. The van der Waals surface area contributed by atoms with Crippen molar-refractivity contribution in [1.29, 1.82) is 0 Å². The molecule has 1 fully saturated rings. The monoisotopic (exact) mass is 566 g/mol. The minimum absolute atomic E-state index is 0.0695. The Labute approximate surface area is 233 Å². The molecular weight excluding hydrogens is 537 g/mol. The number of imidazole rings is 1. The Morgan fingerprint density at radius 2 is 1.83 bits per heavy atom. The van der Waals surface area contributed by atoms with Crippen LogP contribution in [0.3, 0.4) is 0 Å². The molecule has 6 rings (SSSR count). The van der Waals surface area contributed by atoms with E-state index in [0.29, 0.717) is 49.0 Å². The quantitative estimate of drug-likeness (QED) is 0.326. The van der Waals surface area contributed by atoms with Gasteiger partial charge < -0.3 is 24.5 Å². The first-order valence-corrected chi connectivity index (χ1v) is 13.5. The molecule has 1 amide bonds. The summed E-state index contributed by atoms with van der Waals surface area (Å²) in [5.41, 5.74) is 1.92. The van der Waals surface area contributed by atoms with Gasteiger partial charge in [-0.1, -0.05) is 0 Å². The Kier molecular flexibility index (Phi) is 7.04. The van der Waals surface area contributed by atoms with Gasteiger partial charge in [0, 0.05) is 62.7 Å². The fourth-order valence-electron chi connectivity index (χ4n) is 5.57. The molecule has 2 aliphatic heterocycles. The number of H-pyrrole nitrogens is 2. The van der Waals surface area contributed by atoms with Crippen LogP contribution in [0.2, 0.25) is 0 Å². The molecule has 2 aliphatic rings. The van der Waals surface area contributed by atoms with E-state index in [1.165, 1.54) is 17.2 Å². The molecule has 0 atom stereocenters. The second-order valence-electron chi connectivity index (χ2n) is 10.5. The van der Waals surface area contributed by atoms with Crippen LogP contribution in [0.15, 0.2) is 41.3 Å². The lowest BCUT2D eigenvalue weighted by molar-refractivity contribution is 0.0327. The van der Waals surface area contributed by atoms with E-state index in [0.717, 1.165) is 31.3 Å². The van der Waals surface area contributed by atoms with Crippen LogP contribution in [-0.4, -0.2) is 76.1 Å². The number of nitrogens with one attached hydrogen (secondary N) is 2. The number of rotatable bonds is 7. The van der Waals surface area contributed by atoms with Gasteiger partial charge in [-0.2, -0.15) is 0 Å². The van der Waals surface area contributed by atoms with Gasteiger partial charge in [0.15, 0.2) is 11.6 Å². The van der Waals surface area contributed by atoms with E-state index in [-0.39, 0.29) is 28.7 Å². The highest BCUT2D eigenvalue weighted by Gasteiger charge is 2.30. The molecule has 0 saturated carbocycles. The molecule has 0 radical (unpaired) electrons. The minimum Gasteiger partial charge on any atom is -0.379 e. The number of ether oxygens (including phenoxy) is 1. The van der Waals surface area contributed by atoms with E-state index in [1.54, 1.807) is 19.9 Å². The highest BCUT2D eigenvalue weighted by molar-refractivity contribution is 6.02. The molecule has 2 N–H and O–H groups in total. The molecule has 2 aromatic heterocycles. The van der Waals surface area contributed by atoms with E-state index < -0.39 is 29.1 Å². The summed E-state index contributed by atoms with van der Waals surface area (Å²) in [7, 11) is 0. The maximum atomic E-state index is 14.9. The van der Waals surface area contributed by atoms with E-state index >= 15 is 0 Å². The standard InChI is InChI=1S/C29H29F3N6O3/c1-16(2)38(24-13-18(30)12-20(31)26(24)32)23-3-4-33-28(39)25(23)27-34-21-11-17-15-37(6-5-36-7-9-41-10-8-36)29(40)19(17)14-22(21)35-27/h3-4,11-14,16H,5-10,15H2,1-2H3,(H,33,39)(H,34,35). The number of amides is 1. The zero-order valence-electron chi connectivity index (χ0n) is 22.6. The fourth-order valence-corrected chi connectivity index (χ4v) is 5.57. The van der Waals surface area contributed by atoms with Gasteiger partial charge in [-0.05, 0) is 37.6 Å². The SMILES string of the molecule is CC(C)N(c1cc(F)cc(F)c1F)c1cc[nH]c(=O)c1-c1nc2cc3c(cc2[nH]1)CN(CCN1CCOCC1)C3=O. The zero-order chi connectivity index (χ0) is 28.8. The number of carbonyl (C=O) groups excluding carboxylic acids is 1. The van der Waals surface area contributed by atoms with Crippen molar-refractivity contribution in [3.8, 4) is 11.4 Å². The molecule has 0 aliphatic carbocycles. The molecule has 41 heavy (non-hydrogen) atoms. The summed E-state index contributed by atoms with van der Waals surface area (Å²) in [5, 5.41) is 0. The topological polar surface area (TPSA) is 97.6 Å². The van der Waals surface area contributed by atoms with Gasteiger partial charge in [0.25, 0.3) is 11.5 Å². The number of anilines is 2. The summed E-state index contributed by atoms with van der Waals surface area (Å²) in [6.45, 7) is 8.35. The van der Waals surface area contributed by atoms with Gasteiger partial charge in [0.1, 0.15) is 17.2 Å². The van der Waals surface area contributed by atoms with Gasteiger partial charge >= 0.3 is 0 Å². The number of aromatic nitrogens is 3. The summed E-state index contributed by atoms with van der Waals surface area (Å²) < 4.78 is 48.6. The molecular formula is C29H29F3N6O3. The van der Waals surface area contributed by atoms with Gasteiger partial charge in [-0.3, -0.25) is 14.5 Å². The van der Waals surface area contributed by atoms with Crippen LogP contribution in [0.4, 0.5) is 24.5 Å². The minimum atomic E-state index is -1.33. The molecule has 4 heterocycles. The lowest BCUT2D eigenvalue weighted by atomic mass is 10.1. The van der Waals surface area contributed by atoms with Crippen molar-refractivity contribution in [2.75, 3.05) is 44.3 Å². The van der Waals surface area contributed by atoms with Gasteiger partial charge in [0.2, 0.25) is 0 Å². The predicted molar refractivity (Wildman–Crippen MR) is 148 cm³/mol. The van der Waals surface area contributed by atoms with Crippen molar-refractivity contribution in [2.24, 2.45) is 0 Å². The average molecular weight is 567 g/mol. The van der Waals surface area contributed by atoms with Crippen molar-refractivity contribution < 1.29 is 22.7 Å². The molecule has 12 heteroatoms.